The van der Waals surface area contributed by atoms with Gasteiger partial charge in [-0.25, -0.2) is 0 Å². The molecule has 23 heavy (non-hydrogen) atoms. The van der Waals surface area contributed by atoms with Crippen molar-refractivity contribution >= 4 is 5.78 Å². The molecule has 2 atom stereocenters. The van der Waals surface area contributed by atoms with Crippen LogP contribution in [0.1, 0.15) is 18.4 Å². The molecule has 0 bridgehead atoms. The van der Waals surface area contributed by atoms with Crippen molar-refractivity contribution in [1.82, 2.24) is 4.57 Å². The molecule has 0 aliphatic heterocycles. The molecule has 0 saturated heterocycles. The molecular formula is C18H22N2O3. The van der Waals surface area contributed by atoms with E-state index in [2.05, 4.69) is 0 Å². The quantitative estimate of drug-likeness (QED) is 0.765. The van der Waals surface area contributed by atoms with Crippen molar-refractivity contribution in [2.75, 3.05) is 0 Å². The molecule has 0 aliphatic carbocycles. The fourth-order valence-electron chi connectivity index (χ4n) is 2.46. The fraction of sp³-hybridized carbons (Fsp3) is 0.333. The van der Waals surface area contributed by atoms with E-state index in [4.69, 9.17) is 5.73 Å². The van der Waals surface area contributed by atoms with Crippen LogP contribution in [0.4, 0.5) is 0 Å². The minimum absolute atomic E-state index is 0.0888. The lowest BCUT2D eigenvalue weighted by Gasteiger charge is -2.15. The molecule has 1 aromatic carbocycles. The molecule has 0 fully saturated rings. The smallest absolute Gasteiger partial charge is 0.250 e. The number of aliphatic hydroxyl groups excluding tert-OH is 1. The molecule has 0 amide bonds. The van der Waals surface area contributed by atoms with Gasteiger partial charge in [0.2, 0.25) is 5.56 Å². The first-order valence-corrected chi connectivity index (χ1v) is 7.74. The number of hydrogen-bond acceptors (Lipinski definition) is 4. The van der Waals surface area contributed by atoms with Gasteiger partial charge >= 0.3 is 0 Å². The van der Waals surface area contributed by atoms with Gasteiger partial charge < -0.3 is 15.4 Å². The van der Waals surface area contributed by atoms with Crippen LogP contribution in [0.15, 0.2) is 59.5 Å². The minimum atomic E-state index is -1.09. The summed E-state index contributed by atoms with van der Waals surface area (Å²) >= 11 is 0. The Hall–Kier alpha value is -2.24. The van der Waals surface area contributed by atoms with E-state index in [9.17, 15) is 14.7 Å². The van der Waals surface area contributed by atoms with Gasteiger partial charge in [0.1, 0.15) is 6.10 Å². The number of nitrogens with zero attached hydrogens (tertiary/aromatic N) is 1. The molecule has 5 heteroatoms. The molecule has 2 unspecified atom stereocenters. The molecular weight excluding hydrogens is 292 g/mol. The summed E-state index contributed by atoms with van der Waals surface area (Å²) in [6, 6.07) is 13.7. The van der Waals surface area contributed by atoms with E-state index in [1.165, 1.54) is 6.07 Å². The lowest BCUT2D eigenvalue weighted by Crippen LogP contribution is -2.40. The minimum Gasteiger partial charge on any atom is -0.385 e. The van der Waals surface area contributed by atoms with E-state index in [0.717, 1.165) is 5.56 Å². The first-order chi connectivity index (χ1) is 11.1. The van der Waals surface area contributed by atoms with E-state index < -0.39 is 12.1 Å². The Labute approximate surface area is 135 Å². The van der Waals surface area contributed by atoms with Crippen molar-refractivity contribution in [3.05, 3.63) is 70.6 Å². The highest BCUT2D eigenvalue weighted by atomic mass is 16.3. The Morgan fingerprint density at radius 2 is 1.83 bits per heavy atom. The second-order valence-corrected chi connectivity index (χ2v) is 5.59. The zero-order valence-corrected chi connectivity index (χ0v) is 13.0. The Kier molecular flexibility index (Phi) is 6.26. The first-order valence-electron chi connectivity index (χ1n) is 7.74. The van der Waals surface area contributed by atoms with Gasteiger partial charge in [-0.05, 0) is 30.9 Å². The van der Waals surface area contributed by atoms with E-state index in [1.807, 2.05) is 30.3 Å². The summed E-state index contributed by atoms with van der Waals surface area (Å²) < 4.78 is 1.56. The van der Waals surface area contributed by atoms with Crippen LogP contribution in [0.2, 0.25) is 0 Å². The molecule has 2 rings (SSSR count). The number of carbonyl (C=O) groups is 1. The lowest BCUT2D eigenvalue weighted by molar-refractivity contribution is -0.128. The van der Waals surface area contributed by atoms with Crippen LogP contribution < -0.4 is 11.3 Å². The summed E-state index contributed by atoms with van der Waals surface area (Å²) in [4.78, 5) is 23.7. The van der Waals surface area contributed by atoms with E-state index in [1.54, 1.807) is 22.9 Å². The van der Waals surface area contributed by atoms with E-state index in [0.29, 0.717) is 25.8 Å². The van der Waals surface area contributed by atoms with Gasteiger partial charge in [-0.2, -0.15) is 0 Å². The van der Waals surface area contributed by atoms with Gasteiger partial charge in [0.15, 0.2) is 5.78 Å². The first kappa shape index (κ1) is 17.1. The summed E-state index contributed by atoms with van der Waals surface area (Å²) in [5.41, 5.74) is 6.77. The van der Waals surface area contributed by atoms with Gasteiger partial charge in [0, 0.05) is 18.8 Å². The van der Waals surface area contributed by atoms with Gasteiger partial charge in [-0.15, -0.1) is 0 Å². The lowest BCUT2D eigenvalue weighted by atomic mass is 9.98. The molecule has 1 aromatic heterocycles. The maximum atomic E-state index is 12.1. The number of aromatic nitrogens is 1. The van der Waals surface area contributed by atoms with Crippen LogP contribution in [0.25, 0.3) is 0 Å². The highest BCUT2D eigenvalue weighted by Crippen LogP contribution is 2.07. The Bertz CT molecular complexity index is 682. The summed E-state index contributed by atoms with van der Waals surface area (Å²) in [5, 5.41) is 10.00. The molecule has 5 nitrogen and oxygen atoms in total. The number of hydrogen-bond donors (Lipinski definition) is 2. The standard InChI is InChI=1S/C18H22N2O3/c19-15(13-14-7-2-1-3-8-14)18(23)16(21)9-6-12-20-11-5-4-10-17(20)22/h1-5,7-8,10-11,15-16,21H,6,9,12-13,19H2. The van der Waals surface area contributed by atoms with Crippen molar-refractivity contribution in [1.29, 1.82) is 0 Å². The third kappa shape index (κ3) is 5.16. The largest absolute Gasteiger partial charge is 0.385 e. The van der Waals surface area contributed by atoms with Crippen LogP contribution in [-0.4, -0.2) is 27.6 Å². The SMILES string of the molecule is NC(Cc1ccccc1)C(=O)C(O)CCCn1ccccc1=O. The zero-order chi connectivity index (χ0) is 16.7. The van der Waals surface area contributed by atoms with E-state index in [-0.39, 0.29) is 11.3 Å². The highest BCUT2D eigenvalue weighted by Gasteiger charge is 2.22. The molecule has 0 radical (unpaired) electrons. The van der Waals surface area contributed by atoms with Gasteiger partial charge in [0.25, 0.3) is 0 Å². The summed E-state index contributed by atoms with van der Waals surface area (Å²) in [5.74, 6) is -0.353. The van der Waals surface area contributed by atoms with Gasteiger partial charge in [0.05, 0.1) is 6.04 Å². The number of aryl methyl sites for hydroxylation is 1. The molecule has 0 saturated carbocycles. The number of Topliss-reactive ketones (excluding diaryl/α,β-unsaturated/α-hetero) is 1. The van der Waals surface area contributed by atoms with Gasteiger partial charge in [-0.3, -0.25) is 9.59 Å². The number of nitrogens with two attached hydrogens (primary N) is 1. The molecule has 3 N–H and O–H groups in total. The maximum Gasteiger partial charge on any atom is 0.250 e. The summed E-state index contributed by atoms with van der Waals surface area (Å²) in [6.45, 7) is 0.470. The fourth-order valence-corrected chi connectivity index (χ4v) is 2.46. The van der Waals surface area contributed by atoms with Crippen molar-refractivity contribution < 1.29 is 9.90 Å². The van der Waals surface area contributed by atoms with Crippen LogP contribution in [0, 0.1) is 0 Å². The molecule has 0 aliphatic rings. The molecule has 2 aromatic rings. The predicted molar refractivity (Wildman–Crippen MR) is 89.1 cm³/mol. The third-order valence-corrected chi connectivity index (χ3v) is 3.77. The van der Waals surface area contributed by atoms with E-state index >= 15 is 0 Å². The van der Waals surface area contributed by atoms with Gasteiger partial charge in [-0.1, -0.05) is 36.4 Å². The molecule has 1 heterocycles. The Balaban J connectivity index is 1.80. The normalized spacial score (nSPS) is 13.5. The second-order valence-electron chi connectivity index (χ2n) is 5.59. The van der Waals surface area contributed by atoms with Crippen LogP contribution in [0.5, 0.6) is 0 Å². The average molecular weight is 314 g/mol. The third-order valence-electron chi connectivity index (χ3n) is 3.77. The van der Waals surface area contributed by atoms with Crippen LogP contribution in [0.3, 0.4) is 0 Å². The number of aliphatic hydroxyl groups is 1. The highest BCUT2D eigenvalue weighted by molar-refractivity contribution is 5.88. The molecule has 122 valence electrons. The van der Waals surface area contributed by atoms with Crippen molar-refractivity contribution in [3.8, 4) is 0 Å². The van der Waals surface area contributed by atoms with Crippen LogP contribution >= 0.6 is 0 Å². The number of ketones is 1. The second kappa shape index (κ2) is 8.41. The topological polar surface area (TPSA) is 85.3 Å². The number of rotatable bonds is 8. The number of benzene rings is 1. The Morgan fingerprint density at radius 1 is 1.13 bits per heavy atom. The van der Waals surface area contributed by atoms with Crippen molar-refractivity contribution in [2.24, 2.45) is 5.73 Å². The Morgan fingerprint density at radius 3 is 2.52 bits per heavy atom. The summed E-state index contributed by atoms with van der Waals surface area (Å²) in [7, 11) is 0. The maximum absolute atomic E-state index is 12.1. The van der Waals surface area contributed by atoms with Crippen LogP contribution in [-0.2, 0) is 17.8 Å². The zero-order valence-electron chi connectivity index (χ0n) is 13.0. The summed E-state index contributed by atoms with van der Waals surface area (Å²) in [6.07, 6.45) is 1.84. The van der Waals surface area contributed by atoms with Crippen molar-refractivity contribution in [3.63, 3.8) is 0 Å². The number of pyridine rings is 1. The van der Waals surface area contributed by atoms with Crippen molar-refractivity contribution in [2.45, 2.75) is 38.0 Å². The predicted octanol–water partition coefficient (Wildman–Crippen LogP) is 1.13. The molecule has 0 spiro atoms. The number of carbonyl (C=O) groups excluding carboxylic acids is 1. The monoisotopic (exact) mass is 314 g/mol. The average Bonchev–Trinajstić information content (AvgIpc) is 2.56.